The molecule has 2 fully saturated rings. The molecule has 0 atom stereocenters. The van der Waals surface area contributed by atoms with Crippen LogP contribution >= 0.6 is 27.7 Å². The van der Waals surface area contributed by atoms with Crippen LogP contribution in [0.5, 0.6) is 0 Å². The van der Waals surface area contributed by atoms with Crippen molar-refractivity contribution in [2.75, 3.05) is 0 Å². The molecule has 1 heterocycles. The summed E-state index contributed by atoms with van der Waals surface area (Å²) in [6.07, 6.45) is 18.3. The second-order valence-electron chi connectivity index (χ2n) is 6.02. The first-order valence-corrected chi connectivity index (χ1v) is 10.3. The average Bonchev–Trinajstić information content (AvgIpc) is 3.52. The van der Waals surface area contributed by atoms with Crippen LogP contribution < -0.4 is 0 Å². The van der Waals surface area contributed by atoms with Gasteiger partial charge in [0.15, 0.2) is 0 Å². The van der Waals surface area contributed by atoms with Crippen molar-refractivity contribution in [2.45, 2.75) is 0 Å². The van der Waals surface area contributed by atoms with E-state index in [0.29, 0.717) is 0 Å². The first-order valence-electron chi connectivity index (χ1n) is 8.73. The molecule has 1 aromatic heterocycles. The van der Waals surface area contributed by atoms with Crippen LogP contribution in [-0.2, 0) is 17.1 Å². The second kappa shape index (κ2) is 11.3. The topological polar surface area (TPSA) is 25.8 Å². The van der Waals surface area contributed by atoms with Gasteiger partial charge in [0, 0.05) is 16.0 Å². The number of hydrogen-bond acceptors (Lipinski definition) is 3. The van der Waals surface area contributed by atoms with E-state index in [1.54, 1.807) is 0 Å². The molecule has 0 saturated heterocycles. The smallest absolute Gasteiger partial charge is 0.172 e. The fraction of sp³-hybridized carbons (Fsp3) is 0. The van der Waals surface area contributed by atoms with Gasteiger partial charge in [-0.1, -0.05) is 24.0 Å². The molecule has 2 aliphatic rings. The van der Waals surface area contributed by atoms with Gasteiger partial charge in [0.2, 0.25) is 0 Å². The Hall–Kier alpha value is -1.18. The normalized spacial score (nSPS) is 15.9. The molecule has 5 rings (SSSR count). The van der Waals surface area contributed by atoms with Crippen molar-refractivity contribution in [2.24, 2.45) is 0 Å². The first kappa shape index (κ1) is 22.5. The molecule has 10 radical (unpaired) electrons. The molecule has 29 heavy (non-hydrogen) atoms. The molecule has 2 nitrogen and oxygen atoms in total. The van der Waals surface area contributed by atoms with Crippen LogP contribution in [-0.4, -0.2) is 8.75 Å². The van der Waals surface area contributed by atoms with Crippen LogP contribution in [0, 0.1) is 75.5 Å². The molecular formula is C24H15BrFeN2S+2. The number of benzene rings is 2. The van der Waals surface area contributed by atoms with Gasteiger partial charge in [-0.05, 0) is 104 Å². The Balaban J connectivity index is 0.000000352. The largest absolute Gasteiger partial charge is 2.00 e. The molecule has 0 bridgehead atoms. The summed E-state index contributed by atoms with van der Waals surface area (Å²) >= 11 is 4.70. The van der Waals surface area contributed by atoms with Gasteiger partial charge in [-0.25, -0.2) is 0 Å². The number of hydrogen-bond donors (Lipinski definition) is 0. The minimum Gasteiger partial charge on any atom is -0.172 e. The summed E-state index contributed by atoms with van der Waals surface area (Å²) < 4.78 is 9.59. The predicted octanol–water partition coefficient (Wildman–Crippen LogP) is 5.63. The quantitative estimate of drug-likeness (QED) is 0.321. The number of rotatable bonds is 1. The van der Waals surface area contributed by atoms with Crippen LogP contribution in [0.25, 0.3) is 11.0 Å². The van der Waals surface area contributed by atoms with Crippen molar-refractivity contribution >= 4 is 38.7 Å². The van der Waals surface area contributed by atoms with Crippen LogP contribution in [0.15, 0.2) is 40.9 Å². The molecular weight excluding hydrogens is 484 g/mol. The van der Waals surface area contributed by atoms with E-state index in [-0.39, 0.29) is 17.1 Å². The fourth-order valence-electron chi connectivity index (χ4n) is 2.74. The third kappa shape index (κ3) is 5.92. The molecule has 2 aromatic carbocycles. The van der Waals surface area contributed by atoms with Crippen molar-refractivity contribution in [3.8, 4) is 11.8 Å². The first-order chi connectivity index (χ1) is 13.8. The maximum absolute atomic E-state index is 4.35. The summed E-state index contributed by atoms with van der Waals surface area (Å²) in [4.78, 5) is 0. The maximum Gasteiger partial charge on any atom is 2.00 e. The Morgan fingerprint density at radius 1 is 0.759 bits per heavy atom. The summed E-state index contributed by atoms with van der Waals surface area (Å²) in [7, 11) is 0. The van der Waals surface area contributed by atoms with Crippen molar-refractivity contribution in [3.63, 3.8) is 0 Å². The van der Waals surface area contributed by atoms with E-state index in [2.05, 4.69) is 61.5 Å². The molecule has 0 unspecified atom stereocenters. The van der Waals surface area contributed by atoms with Gasteiger partial charge in [0.05, 0.1) is 17.3 Å². The van der Waals surface area contributed by atoms with E-state index in [9.17, 15) is 0 Å². The zero-order valence-corrected chi connectivity index (χ0v) is 18.7. The minimum atomic E-state index is 0. The minimum absolute atomic E-state index is 0. The Morgan fingerprint density at radius 2 is 1.45 bits per heavy atom. The molecule has 0 N–H and O–H groups in total. The number of fused-ring (bicyclic) bond motifs is 1. The molecule has 0 amide bonds. The van der Waals surface area contributed by atoms with Gasteiger partial charge in [0.1, 0.15) is 11.0 Å². The zero-order chi connectivity index (χ0) is 19.2. The Kier molecular flexibility index (Phi) is 8.75. The van der Waals surface area contributed by atoms with Crippen LogP contribution in [0.2, 0.25) is 0 Å². The maximum atomic E-state index is 4.35. The van der Waals surface area contributed by atoms with Gasteiger partial charge < -0.3 is 0 Å². The second-order valence-corrected chi connectivity index (χ2v) is 7.41. The van der Waals surface area contributed by atoms with E-state index >= 15 is 0 Å². The van der Waals surface area contributed by atoms with Gasteiger partial charge in [0.25, 0.3) is 0 Å². The van der Waals surface area contributed by atoms with E-state index in [1.165, 1.54) is 23.2 Å². The van der Waals surface area contributed by atoms with E-state index in [1.807, 2.05) is 69.2 Å². The third-order valence-electron chi connectivity index (χ3n) is 4.12. The van der Waals surface area contributed by atoms with Crippen LogP contribution in [0.4, 0.5) is 0 Å². The van der Waals surface area contributed by atoms with E-state index in [4.69, 9.17) is 0 Å². The predicted molar refractivity (Wildman–Crippen MR) is 119 cm³/mol. The van der Waals surface area contributed by atoms with Gasteiger partial charge >= 0.3 is 17.1 Å². The van der Waals surface area contributed by atoms with E-state index in [0.717, 1.165) is 26.6 Å². The number of aromatic nitrogens is 2. The number of halogens is 1. The SMILES string of the molecule is Brc1ccc(C#Cc2cccc([C]3[CH][CH][CH][CH]3)c2)c2nsnc12.[CH]1[CH][CH][CH][CH]1.[Fe+2]. The molecule has 3 aromatic rings. The Bertz CT molecular complexity index is 987. The molecule has 0 aliphatic heterocycles. The third-order valence-corrected chi connectivity index (χ3v) is 5.29. The molecule has 5 heteroatoms. The zero-order valence-electron chi connectivity index (χ0n) is 15.2. The molecule has 2 saturated carbocycles. The van der Waals surface area contributed by atoms with E-state index < -0.39 is 0 Å². The Morgan fingerprint density at radius 3 is 2.17 bits per heavy atom. The van der Waals surface area contributed by atoms with Gasteiger partial charge in [-0.3, -0.25) is 0 Å². The van der Waals surface area contributed by atoms with Gasteiger partial charge in [-0.2, -0.15) is 8.75 Å². The number of nitrogens with zero attached hydrogens (tertiary/aromatic N) is 2. The molecule has 0 spiro atoms. The van der Waals surface area contributed by atoms with Crippen molar-refractivity contribution in [1.29, 1.82) is 0 Å². The molecule has 140 valence electrons. The summed E-state index contributed by atoms with van der Waals surface area (Å²) in [5.41, 5.74) is 4.79. The summed E-state index contributed by atoms with van der Waals surface area (Å²) in [5, 5.41) is 0. The Labute approximate surface area is 196 Å². The van der Waals surface area contributed by atoms with Gasteiger partial charge in [-0.15, -0.1) is 0 Å². The fourth-order valence-corrected chi connectivity index (χ4v) is 3.84. The summed E-state index contributed by atoms with van der Waals surface area (Å²) in [6, 6.07) is 12.2. The summed E-state index contributed by atoms with van der Waals surface area (Å²) in [5.74, 6) is 7.67. The van der Waals surface area contributed by atoms with Crippen molar-refractivity contribution in [3.05, 3.63) is 121 Å². The molecule has 2 aliphatic carbocycles. The van der Waals surface area contributed by atoms with Crippen molar-refractivity contribution in [1.82, 2.24) is 8.75 Å². The summed E-state index contributed by atoms with van der Waals surface area (Å²) in [6.45, 7) is 0. The van der Waals surface area contributed by atoms with Crippen LogP contribution in [0.3, 0.4) is 0 Å². The standard InChI is InChI=1S/C19H10BrN2S.C5H5.Fe/c20-17-11-10-15(18-19(17)22-23-21-18)9-8-13-4-3-7-16(12-13)14-5-1-2-6-14;1-2-4-5-3-1;/h1-7,10-12H;1-5H;/q;;+2. The monoisotopic (exact) mass is 498 g/mol. The van der Waals surface area contributed by atoms with Crippen molar-refractivity contribution < 1.29 is 17.1 Å². The van der Waals surface area contributed by atoms with Crippen LogP contribution in [0.1, 0.15) is 16.7 Å². The average molecular weight is 499 g/mol.